The Kier molecular flexibility index (Phi) is 7.02. The van der Waals surface area contributed by atoms with Crippen LogP contribution >= 0.6 is 15.9 Å². The van der Waals surface area contributed by atoms with Crippen molar-refractivity contribution < 1.29 is 23.5 Å². The minimum atomic E-state index is -0.786. The monoisotopic (exact) mass is 525 g/mol. The Hall–Kier alpha value is -3.59. The molecule has 8 nitrogen and oxygen atoms in total. The third kappa shape index (κ3) is 5.31. The minimum absolute atomic E-state index is 0.120. The van der Waals surface area contributed by atoms with Gasteiger partial charge in [-0.15, -0.1) is 0 Å². The number of benzene rings is 2. The second-order valence-electron chi connectivity index (χ2n) is 8.18. The van der Waals surface area contributed by atoms with Crippen LogP contribution < -0.4 is 20.2 Å². The Morgan fingerprint density at radius 3 is 2.62 bits per heavy atom. The first-order valence-electron chi connectivity index (χ1n) is 10.7. The minimum Gasteiger partial charge on any atom is -0.455 e. The summed E-state index contributed by atoms with van der Waals surface area (Å²) in [6.07, 6.45) is 1.42. The van der Waals surface area contributed by atoms with Gasteiger partial charge in [-0.2, -0.15) is 5.10 Å². The van der Waals surface area contributed by atoms with Gasteiger partial charge in [0.05, 0.1) is 6.21 Å². The SMILES string of the molecule is Cc1ccc(-c2ccc(/C=N\NC(=O)[C@@H](NC(=O)c3ccc4c(c3)OCO4)C(C)C)o2)c(Br)c1. The molecule has 3 aromatic rings. The zero-order valence-corrected chi connectivity index (χ0v) is 20.5. The lowest BCUT2D eigenvalue weighted by Gasteiger charge is -2.20. The summed E-state index contributed by atoms with van der Waals surface area (Å²) in [7, 11) is 0. The molecule has 0 saturated carbocycles. The van der Waals surface area contributed by atoms with E-state index in [1.54, 1.807) is 24.3 Å². The summed E-state index contributed by atoms with van der Waals surface area (Å²) < 4.78 is 17.3. The van der Waals surface area contributed by atoms with Gasteiger partial charge in [-0.25, -0.2) is 5.43 Å². The molecule has 34 heavy (non-hydrogen) atoms. The van der Waals surface area contributed by atoms with Crippen LogP contribution in [0, 0.1) is 12.8 Å². The van der Waals surface area contributed by atoms with E-state index in [9.17, 15) is 9.59 Å². The van der Waals surface area contributed by atoms with E-state index in [1.165, 1.54) is 6.21 Å². The molecular weight excluding hydrogens is 502 g/mol. The van der Waals surface area contributed by atoms with Crippen LogP contribution in [0.2, 0.25) is 0 Å². The van der Waals surface area contributed by atoms with Crippen molar-refractivity contribution in [3.05, 3.63) is 69.9 Å². The maximum absolute atomic E-state index is 12.7. The van der Waals surface area contributed by atoms with Crippen LogP contribution in [0.25, 0.3) is 11.3 Å². The highest BCUT2D eigenvalue weighted by atomic mass is 79.9. The molecule has 0 fully saturated rings. The summed E-state index contributed by atoms with van der Waals surface area (Å²) in [5, 5.41) is 6.76. The number of carbonyl (C=O) groups excluding carboxylic acids is 2. The number of hydrogen-bond acceptors (Lipinski definition) is 6. The van der Waals surface area contributed by atoms with Crippen molar-refractivity contribution in [2.45, 2.75) is 26.8 Å². The van der Waals surface area contributed by atoms with Crippen molar-refractivity contribution in [3.8, 4) is 22.8 Å². The van der Waals surface area contributed by atoms with Gasteiger partial charge in [-0.05, 0) is 60.9 Å². The zero-order chi connectivity index (χ0) is 24.2. The number of amides is 2. The number of hydrogen-bond donors (Lipinski definition) is 2. The number of hydrazone groups is 1. The first-order chi connectivity index (χ1) is 16.3. The fraction of sp³-hybridized carbons (Fsp3) is 0.240. The molecule has 2 aromatic carbocycles. The topological polar surface area (TPSA) is 102 Å². The highest BCUT2D eigenvalue weighted by Crippen LogP contribution is 2.32. The fourth-order valence-electron chi connectivity index (χ4n) is 3.41. The molecule has 0 bridgehead atoms. The Bertz CT molecular complexity index is 1250. The second kappa shape index (κ2) is 10.1. The number of nitrogens with zero attached hydrogens (tertiary/aromatic N) is 1. The molecule has 1 aliphatic heterocycles. The van der Waals surface area contributed by atoms with Crippen LogP contribution in [0.3, 0.4) is 0 Å². The third-order valence-corrected chi connectivity index (χ3v) is 5.91. The van der Waals surface area contributed by atoms with Gasteiger partial charge in [-0.1, -0.05) is 35.8 Å². The van der Waals surface area contributed by atoms with E-state index in [4.69, 9.17) is 13.9 Å². The lowest BCUT2D eigenvalue weighted by Crippen LogP contribution is -2.48. The predicted octanol–water partition coefficient (Wildman–Crippen LogP) is 4.65. The molecule has 0 radical (unpaired) electrons. The largest absolute Gasteiger partial charge is 0.455 e. The average Bonchev–Trinajstić information content (AvgIpc) is 3.46. The maximum atomic E-state index is 12.7. The summed E-state index contributed by atoms with van der Waals surface area (Å²) >= 11 is 3.55. The maximum Gasteiger partial charge on any atom is 0.262 e. The van der Waals surface area contributed by atoms with Crippen LogP contribution in [0.5, 0.6) is 11.5 Å². The molecule has 0 unspecified atom stereocenters. The molecule has 4 rings (SSSR count). The van der Waals surface area contributed by atoms with Gasteiger partial charge >= 0.3 is 0 Å². The molecule has 0 spiro atoms. The summed E-state index contributed by atoms with van der Waals surface area (Å²) in [6, 6.07) is 13.7. The Labute approximate surface area is 205 Å². The quantitative estimate of drug-likeness (QED) is 0.345. The molecule has 0 saturated heterocycles. The highest BCUT2D eigenvalue weighted by molar-refractivity contribution is 9.10. The fourth-order valence-corrected chi connectivity index (χ4v) is 4.10. The van der Waals surface area contributed by atoms with Gasteiger partial charge in [0.2, 0.25) is 6.79 Å². The molecule has 2 amide bonds. The highest BCUT2D eigenvalue weighted by Gasteiger charge is 2.25. The molecule has 0 aliphatic carbocycles. The van der Waals surface area contributed by atoms with Crippen LogP contribution in [-0.4, -0.2) is 30.9 Å². The third-order valence-electron chi connectivity index (χ3n) is 5.25. The molecule has 2 N–H and O–H groups in total. The van der Waals surface area contributed by atoms with E-state index < -0.39 is 17.9 Å². The molecule has 1 atom stereocenters. The molecule has 176 valence electrons. The number of aryl methyl sites for hydroxylation is 1. The summed E-state index contributed by atoms with van der Waals surface area (Å²) in [6.45, 7) is 5.81. The number of fused-ring (bicyclic) bond motifs is 1. The van der Waals surface area contributed by atoms with Gasteiger partial charge in [0, 0.05) is 15.6 Å². The van der Waals surface area contributed by atoms with Gasteiger partial charge < -0.3 is 19.2 Å². The van der Waals surface area contributed by atoms with Gasteiger partial charge in [0.15, 0.2) is 11.5 Å². The molecule has 2 heterocycles. The van der Waals surface area contributed by atoms with E-state index in [2.05, 4.69) is 31.8 Å². The number of rotatable bonds is 7. The van der Waals surface area contributed by atoms with Crippen molar-refractivity contribution in [1.29, 1.82) is 0 Å². The van der Waals surface area contributed by atoms with Crippen molar-refractivity contribution in [3.63, 3.8) is 0 Å². The van der Waals surface area contributed by atoms with Crippen LogP contribution in [0.1, 0.15) is 35.5 Å². The van der Waals surface area contributed by atoms with E-state index in [1.807, 2.05) is 45.0 Å². The lowest BCUT2D eigenvalue weighted by atomic mass is 10.0. The van der Waals surface area contributed by atoms with Crippen molar-refractivity contribution in [1.82, 2.24) is 10.7 Å². The van der Waals surface area contributed by atoms with Crippen molar-refractivity contribution >= 4 is 34.0 Å². The zero-order valence-electron chi connectivity index (χ0n) is 18.9. The number of furan rings is 1. The lowest BCUT2D eigenvalue weighted by molar-refractivity contribution is -0.123. The Morgan fingerprint density at radius 1 is 1.06 bits per heavy atom. The van der Waals surface area contributed by atoms with Crippen LogP contribution in [-0.2, 0) is 4.79 Å². The Morgan fingerprint density at radius 2 is 1.85 bits per heavy atom. The van der Waals surface area contributed by atoms with Crippen LogP contribution in [0.4, 0.5) is 0 Å². The van der Waals surface area contributed by atoms with E-state index in [0.29, 0.717) is 28.6 Å². The molecule has 9 heteroatoms. The van der Waals surface area contributed by atoms with E-state index in [0.717, 1.165) is 15.6 Å². The number of nitrogens with one attached hydrogen (secondary N) is 2. The number of halogens is 1. The first kappa shape index (κ1) is 23.6. The van der Waals surface area contributed by atoms with Gasteiger partial charge in [-0.3, -0.25) is 9.59 Å². The number of carbonyl (C=O) groups is 2. The summed E-state index contributed by atoms with van der Waals surface area (Å²) in [5.74, 6) is 1.24. The normalized spacial score (nSPS) is 13.3. The molecule has 1 aromatic heterocycles. The van der Waals surface area contributed by atoms with E-state index in [-0.39, 0.29) is 12.7 Å². The van der Waals surface area contributed by atoms with Crippen molar-refractivity contribution in [2.75, 3.05) is 6.79 Å². The summed E-state index contributed by atoms with van der Waals surface area (Å²) in [5.41, 5.74) is 4.91. The van der Waals surface area contributed by atoms with E-state index >= 15 is 0 Å². The van der Waals surface area contributed by atoms with Crippen molar-refractivity contribution in [2.24, 2.45) is 11.0 Å². The summed E-state index contributed by atoms with van der Waals surface area (Å²) in [4.78, 5) is 25.4. The molecular formula is C25H24BrN3O5. The van der Waals surface area contributed by atoms with Gasteiger partial charge in [0.25, 0.3) is 11.8 Å². The first-order valence-corrected chi connectivity index (χ1v) is 11.5. The standard InChI is InChI=1S/C25H24BrN3O5/c1-14(2)23(28-24(30)16-5-8-21-22(11-16)33-13-32-21)25(31)29-27-12-17-6-9-20(34-17)18-7-4-15(3)10-19(18)26/h4-12,14,23H,13H2,1-3H3,(H,28,30)(H,29,31)/b27-12-/t23-/m0/s1. The number of ether oxygens (including phenoxy) is 2. The average molecular weight is 526 g/mol. The Balaban J connectivity index is 1.38. The second-order valence-corrected chi connectivity index (χ2v) is 9.04. The smallest absolute Gasteiger partial charge is 0.262 e. The predicted molar refractivity (Wildman–Crippen MR) is 131 cm³/mol. The molecule has 1 aliphatic rings. The van der Waals surface area contributed by atoms with Gasteiger partial charge in [0.1, 0.15) is 17.6 Å². The van der Waals surface area contributed by atoms with Crippen LogP contribution in [0.15, 0.2) is 62.5 Å².